The molecule has 2 heterocycles. The Bertz CT molecular complexity index is 740. The molecule has 0 unspecified atom stereocenters. The summed E-state index contributed by atoms with van der Waals surface area (Å²) in [6.45, 7) is 3.19. The third kappa shape index (κ3) is 3.00. The number of hydrogen-bond acceptors (Lipinski definition) is 3. The molecule has 0 atom stereocenters. The number of halogens is 1. The molecule has 3 rings (SSSR count). The number of nitrogens with zero attached hydrogens (tertiary/aromatic N) is 3. The third-order valence-electron chi connectivity index (χ3n) is 3.26. The summed E-state index contributed by atoms with van der Waals surface area (Å²) in [5.74, 6) is 2.04. The second kappa shape index (κ2) is 6.14. The van der Waals surface area contributed by atoms with Crippen molar-refractivity contribution in [3.63, 3.8) is 0 Å². The fourth-order valence-electron chi connectivity index (χ4n) is 2.25. The molecule has 3 aromatic rings. The Morgan fingerprint density at radius 1 is 1.10 bits per heavy atom. The van der Waals surface area contributed by atoms with Crippen LogP contribution in [-0.4, -0.2) is 21.1 Å². The molecule has 108 valence electrons. The molecule has 4 nitrogen and oxygen atoms in total. The topological polar surface area (TPSA) is 39.9 Å². The number of ether oxygens (including phenoxy) is 1. The molecule has 0 radical (unpaired) electrons. The molecule has 0 fully saturated rings. The van der Waals surface area contributed by atoms with Crippen molar-refractivity contribution in [3.05, 3.63) is 54.0 Å². The van der Waals surface area contributed by atoms with Crippen molar-refractivity contribution in [1.29, 1.82) is 0 Å². The summed E-state index contributed by atoms with van der Waals surface area (Å²) in [4.78, 5) is 9.07. The number of benzene rings is 1. The zero-order valence-electron chi connectivity index (χ0n) is 11.8. The normalized spacial score (nSPS) is 11.0. The minimum atomic E-state index is 0.362. The van der Waals surface area contributed by atoms with Crippen molar-refractivity contribution >= 4 is 22.8 Å². The number of imidazole rings is 1. The SMILES string of the molecule is Cc1ccc2nc(CCl)n(CCOc3ccccc3)c2n1. The lowest BCUT2D eigenvalue weighted by atomic mass is 10.3. The van der Waals surface area contributed by atoms with Crippen LogP contribution in [0.2, 0.25) is 0 Å². The summed E-state index contributed by atoms with van der Waals surface area (Å²) in [5.41, 5.74) is 2.70. The lowest BCUT2D eigenvalue weighted by molar-refractivity contribution is 0.298. The highest BCUT2D eigenvalue weighted by Crippen LogP contribution is 2.17. The Morgan fingerprint density at radius 3 is 2.67 bits per heavy atom. The van der Waals surface area contributed by atoms with E-state index >= 15 is 0 Å². The van der Waals surface area contributed by atoms with Crippen LogP contribution in [-0.2, 0) is 12.4 Å². The monoisotopic (exact) mass is 301 g/mol. The summed E-state index contributed by atoms with van der Waals surface area (Å²) < 4.78 is 7.76. The van der Waals surface area contributed by atoms with Gasteiger partial charge in [0, 0.05) is 5.69 Å². The van der Waals surface area contributed by atoms with Gasteiger partial charge in [0.05, 0.1) is 12.4 Å². The van der Waals surface area contributed by atoms with Crippen LogP contribution >= 0.6 is 11.6 Å². The smallest absolute Gasteiger partial charge is 0.160 e. The summed E-state index contributed by atoms with van der Waals surface area (Å²) in [6.07, 6.45) is 0. The number of fused-ring (bicyclic) bond motifs is 1. The van der Waals surface area contributed by atoms with Gasteiger partial charge < -0.3 is 9.30 Å². The van der Waals surface area contributed by atoms with Crippen molar-refractivity contribution < 1.29 is 4.74 Å². The number of aryl methyl sites for hydroxylation is 1. The molecule has 0 aliphatic heterocycles. The summed E-state index contributed by atoms with van der Waals surface area (Å²) >= 11 is 5.99. The van der Waals surface area contributed by atoms with Crippen LogP contribution in [0.4, 0.5) is 0 Å². The first kappa shape index (κ1) is 13.9. The Labute approximate surface area is 128 Å². The van der Waals surface area contributed by atoms with E-state index in [1.54, 1.807) is 0 Å². The number of para-hydroxylation sites is 1. The van der Waals surface area contributed by atoms with E-state index in [1.165, 1.54) is 0 Å². The lowest BCUT2D eigenvalue weighted by Gasteiger charge is -2.09. The van der Waals surface area contributed by atoms with Gasteiger partial charge in [0.2, 0.25) is 0 Å². The Balaban J connectivity index is 1.80. The number of pyridine rings is 1. The molecule has 0 saturated carbocycles. The number of aromatic nitrogens is 3. The molecule has 0 aliphatic carbocycles. The van der Waals surface area contributed by atoms with Gasteiger partial charge >= 0.3 is 0 Å². The number of rotatable bonds is 5. The van der Waals surface area contributed by atoms with Crippen LogP contribution in [0.5, 0.6) is 5.75 Å². The fraction of sp³-hybridized carbons (Fsp3) is 0.250. The van der Waals surface area contributed by atoms with E-state index in [0.717, 1.165) is 28.4 Å². The van der Waals surface area contributed by atoms with E-state index in [9.17, 15) is 0 Å². The quantitative estimate of drug-likeness (QED) is 0.677. The minimum Gasteiger partial charge on any atom is -0.492 e. The van der Waals surface area contributed by atoms with Gasteiger partial charge in [-0.2, -0.15) is 0 Å². The van der Waals surface area contributed by atoms with Gasteiger partial charge in [0.1, 0.15) is 23.7 Å². The summed E-state index contributed by atoms with van der Waals surface area (Å²) in [7, 11) is 0. The standard InChI is InChI=1S/C16H16ClN3O/c1-12-7-8-14-16(18-12)20(15(11-17)19-14)9-10-21-13-5-3-2-4-6-13/h2-8H,9-11H2,1H3. The van der Waals surface area contributed by atoms with Crippen molar-refractivity contribution in [2.24, 2.45) is 0 Å². The van der Waals surface area contributed by atoms with E-state index in [2.05, 4.69) is 9.97 Å². The van der Waals surface area contributed by atoms with E-state index in [0.29, 0.717) is 19.0 Å². The predicted molar refractivity (Wildman–Crippen MR) is 83.8 cm³/mol. The van der Waals surface area contributed by atoms with Crippen LogP contribution in [0.3, 0.4) is 0 Å². The van der Waals surface area contributed by atoms with Gasteiger partial charge in [0.25, 0.3) is 0 Å². The molecule has 1 aromatic carbocycles. The lowest BCUT2D eigenvalue weighted by Crippen LogP contribution is -2.11. The maximum atomic E-state index is 5.99. The van der Waals surface area contributed by atoms with Gasteiger partial charge in [-0.3, -0.25) is 0 Å². The molecule has 5 heteroatoms. The predicted octanol–water partition coefficient (Wildman–Crippen LogP) is 3.56. The van der Waals surface area contributed by atoms with E-state index in [4.69, 9.17) is 16.3 Å². The highest BCUT2D eigenvalue weighted by molar-refractivity contribution is 6.16. The molecule has 0 spiro atoms. The average Bonchev–Trinajstić information content (AvgIpc) is 2.86. The molecule has 0 saturated heterocycles. The van der Waals surface area contributed by atoms with Gasteiger partial charge in [-0.05, 0) is 31.2 Å². The highest BCUT2D eigenvalue weighted by Gasteiger charge is 2.11. The first-order valence-electron chi connectivity index (χ1n) is 6.84. The molecule has 21 heavy (non-hydrogen) atoms. The van der Waals surface area contributed by atoms with Crippen molar-refractivity contribution in [2.45, 2.75) is 19.3 Å². The largest absolute Gasteiger partial charge is 0.492 e. The van der Waals surface area contributed by atoms with Crippen molar-refractivity contribution in [1.82, 2.24) is 14.5 Å². The van der Waals surface area contributed by atoms with E-state index in [1.807, 2.05) is 54.0 Å². The fourth-order valence-corrected chi connectivity index (χ4v) is 2.46. The molecule has 0 amide bonds. The summed E-state index contributed by atoms with van der Waals surface area (Å²) in [5, 5.41) is 0. The number of hydrogen-bond donors (Lipinski definition) is 0. The van der Waals surface area contributed by atoms with Crippen LogP contribution in [0, 0.1) is 6.92 Å². The zero-order valence-corrected chi connectivity index (χ0v) is 12.5. The Morgan fingerprint density at radius 2 is 1.90 bits per heavy atom. The minimum absolute atomic E-state index is 0.362. The van der Waals surface area contributed by atoms with E-state index in [-0.39, 0.29) is 0 Å². The maximum absolute atomic E-state index is 5.99. The van der Waals surface area contributed by atoms with Crippen LogP contribution in [0.1, 0.15) is 11.5 Å². The second-order valence-corrected chi connectivity index (χ2v) is 5.04. The molecule has 0 bridgehead atoms. The van der Waals surface area contributed by atoms with Gasteiger partial charge in [-0.15, -0.1) is 11.6 Å². The third-order valence-corrected chi connectivity index (χ3v) is 3.50. The first-order valence-corrected chi connectivity index (χ1v) is 7.38. The van der Waals surface area contributed by atoms with Crippen molar-refractivity contribution in [3.8, 4) is 5.75 Å². The van der Waals surface area contributed by atoms with Crippen molar-refractivity contribution in [2.75, 3.05) is 6.61 Å². The van der Waals surface area contributed by atoms with Gasteiger partial charge in [0.15, 0.2) is 5.65 Å². The van der Waals surface area contributed by atoms with Crippen LogP contribution in [0.15, 0.2) is 42.5 Å². The van der Waals surface area contributed by atoms with Crippen LogP contribution in [0.25, 0.3) is 11.2 Å². The highest BCUT2D eigenvalue weighted by atomic mass is 35.5. The molecule has 0 aliphatic rings. The average molecular weight is 302 g/mol. The molecule has 2 aromatic heterocycles. The second-order valence-electron chi connectivity index (χ2n) is 4.77. The Kier molecular flexibility index (Phi) is 4.06. The maximum Gasteiger partial charge on any atom is 0.160 e. The van der Waals surface area contributed by atoms with Gasteiger partial charge in [-0.25, -0.2) is 9.97 Å². The van der Waals surface area contributed by atoms with E-state index < -0.39 is 0 Å². The first-order chi connectivity index (χ1) is 10.3. The Hall–Kier alpha value is -2.07. The van der Waals surface area contributed by atoms with Crippen LogP contribution < -0.4 is 4.74 Å². The van der Waals surface area contributed by atoms with Gasteiger partial charge in [-0.1, -0.05) is 18.2 Å². The zero-order chi connectivity index (χ0) is 14.7. The number of alkyl halides is 1. The summed E-state index contributed by atoms with van der Waals surface area (Å²) in [6, 6.07) is 13.7. The molecular weight excluding hydrogens is 286 g/mol. The molecule has 0 N–H and O–H groups in total. The molecular formula is C16H16ClN3O.